The van der Waals surface area contributed by atoms with Crippen LogP contribution in [0.2, 0.25) is 0 Å². The number of piperidine rings is 1. The molecule has 0 aromatic heterocycles. The predicted octanol–water partition coefficient (Wildman–Crippen LogP) is 3.86. The van der Waals surface area contributed by atoms with Gasteiger partial charge in [0.25, 0.3) is 0 Å². The second-order valence-corrected chi connectivity index (χ2v) is 6.74. The molecule has 3 nitrogen and oxygen atoms in total. The lowest BCUT2D eigenvalue weighted by atomic mass is 9.97. The second-order valence-electron chi connectivity index (χ2n) is 6.74. The molecule has 1 unspecified atom stereocenters. The van der Waals surface area contributed by atoms with E-state index in [0.29, 0.717) is 12.6 Å². The van der Waals surface area contributed by atoms with Crippen molar-refractivity contribution in [1.82, 2.24) is 4.90 Å². The Morgan fingerprint density at radius 2 is 1.83 bits per heavy atom. The number of rotatable bonds is 5. The number of likely N-dealkylation sites (tertiary alicyclic amines) is 1. The van der Waals surface area contributed by atoms with Crippen molar-refractivity contribution in [2.45, 2.75) is 44.9 Å². The highest BCUT2D eigenvalue weighted by molar-refractivity contribution is 5.45. The van der Waals surface area contributed by atoms with Gasteiger partial charge in [0, 0.05) is 24.8 Å². The molecule has 3 rings (SSSR count). The summed E-state index contributed by atoms with van der Waals surface area (Å²) in [6.07, 6.45) is 1.66. The molecule has 3 heteroatoms. The molecule has 1 heterocycles. The van der Waals surface area contributed by atoms with Crippen LogP contribution in [-0.2, 0) is 6.42 Å². The lowest BCUT2D eigenvalue weighted by Gasteiger charge is -2.40. The quantitative estimate of drug-likeness (QED) is 0.877. The van der Waals surface area contributed by atoms with Crippen molar-refractivity contribution in [2.75, 3.05) is 18.4 Å². The number of aryl methyl sites for hydroxylation is 1. The molecule has 2 aromatic carbocycles. The van der Waals surface area contributed by atoms with Gasteiger partial charge in [0.05, 0.1) is 12.1 Å². The van der Waals surface area contributed by atoms with Crippen molar-refractivity contribution in [3.8, 4) is 0 Å². The molecule has 0 radical (unpaired) electrons. The van der Waals surface area contributed by atoms with Gasteiger partial charge in [-0.2, -0.15) is 0 Å². The predicted molar refractivity (Wildman–Crippen MR) is 100 cm³/mol. The van der Waals surface area contributed by atoms with Crippen LogP contribution in [0.5, 0.6) is 0 Å². The van der Waals surface area contributed by atoms with Gasteiger partial charge in [-0.25, -0.2) is 0 Å². The first-order chi connectivity index (χ1) is 11.7. The minimum Gasteiger partial charge on any atom is -0.390 e. The minimum atomic E-state index is -0.351. The zero-order valence-corrected chi connectivity index (χ0v) is 14.7. The summed E-state index contributed by atoms with van der Waals surface area (Å²) in [7, 11) is 0. The summed E-state index contributed by atoms with van der Waals surface area (Å²) in [5.74, 6) is 0. The Morgan fingerprint density at radius 3 is 2.46 bits per heavy atom. The molecule has 1 fully saturated rings. The summed E-state index contributed by atoms with van der Waals surface area (Å²) in [5, 5.41) is 14.1. The summed E-state index contributed by atoms with van der Waals surface area (Å²) in [6.45, 7) is 6.09. The van der Waals surface area contributed by atoms with Gasteiger partial charge in [-0.1, -0.05) is 49.4 Å². The molecule has 0 spiro atoms. The highest BCUT2D eigenvalue weighted by Crippen LogP contribution is 2.25. The zero-order valence-electron chi connectivity index (χ0n) is 14.7. The van der Waals surface area contributed by atoms with Crippen LogP contribution < -0.4 is 5.32 Å². The molecule has 0 aliphatic carbocycles. The first-order valence-electron chi connectivity index (χ1n) is 9.00. The third-order valence-corrected chi connectivity index (χ3v) is 5.16. The van der Waals surface area contributed by atoms with Crippen molar-refractivity contribution in [3.05, 3.63) is 65.7 Å². The molecule has 1 aliphatic rings. The number of aliphatic hydroxyl groups is 1. The van der Waals surface area contributed by atoms with Gasteiger partial charge in [0.15, 0.2) is 0 Å². The maximum absolute atomic E-state index is 10.6. The van der Waals surface area contributed by atoms with Crippen LogP contribution in [-0.4, -0.2) is 35.2 Å². The summed E-state index contributed by atoms with van der Waals surface area (Å²) in [4.78, 5) is 2.37. The van der Waals surface area contributed by atoms with E-state index in [2.05, 4.69) is 72.6 Å². The monoisotopic (exact) mass is 324 g/mol. The SMILES string of the molecule is CCc1ccc(N[C@H]2CCN(C(C)c3ccccc3)C[C@@H]2O)cc1. The highest BCUT2D eigenvalue weighted by atomic mass is 16.3. The Kier molecular flexibility index (Phi) is 5.54. The molecule has 128 valence electrons. The minimum absolute atomic E-state index is 0.122. The molecule has 0 bridgehead atoms. The van der Waals surface area contributed by atoms with E-state index in [0.717, 1.165) is 25.1 Å². The first-order valence-corrected chi connectivity index (χ1v) is 9.00. The largest absolute Gasteiger partial charge is 0.390 e. The molecular formula is C21H28N2O. The fourth-order valence-electron chi connectivity index (χ4n) is 3.47. The maximum atomic E-state index is 10.6. The van der Waals surface area contributed by atoms with Crippen LogP contribution in [0.1, 0.15) is 37.4 Å². The van der Waals surface area contributed by atoms with Crippen molar-refractivity contribution in [3.63, 3.8) is 0 Å². The molecule has 1 aliphatic heterocycles. The van der Waals surface area contributed by atoms with Gasteiger partial charge in [0.1, 0.15) is 0 Å². The number of hydrogen-bond donors (Lipinski definition) is 2. The van der Waals surface area contributed by atoms with Gasteiger partial charge >= 0.3 is 0 Å². The molecule has 2 aromatic rings. The summed E-state index contributed by atoms with van der Waals surface area (Å²) in [6, 6.07) is 19.5. The molecular weight excluding hydrogens is 296 g/mol. The topological polar surface area (TPSA) is 35.5 Å². The molecule has 0 saturated carbocycles. The van der Waals surface area contributed by atoms with E-state index in [-0.39, 0.29) is 12.1 Å². The average molecular weight is 324 g/mol. The Balaban J connectivity index is 1.58. The first kappa shape index (κ1) is 17.0. The van der Waals surface area contributed by atoms with Gasteiger partial charge in [-0.15, -0.1) is 0 Å². The summed E-state index contributed by atoms with van der Waals surface area (Å²) >= 11 is 0. The normalized spacial score (nSPS) is 23.0. The van der Waals surface area contributed by atoms with Crippen LogP contribution in [0.3, 0.4) is 0 Å². The van der Waals surface area contributed by atoms with Crippen molar-refractivity contribution >= 4 is 5.69 Å². The highest BCUT2D eigenvalue weighted by Gasteiger charge is 2.30. The fourth-order valence-corrected chi connectivity index (χ4v) is 3.47. The van der Waals surface area contributed by atoms with E-state index in [9.17, 15) is 5.11 Å². The number of nitrogens with zero attached hydrogens (tertiary/aromatic N) is 1. The number of β-amino-alcohol motifs (C(OH)–C–C–N with tert-alkyl or cyclic N) is 1. The number of benzene rings is 2. The van der Waals surface area contributed by atoms with Crippen LogP contribution in [0.25, 0.3) is 0 Å². The second kappa shape index (κ2) is 7.82. The van der Waals surface area contributed by atoms with E-state index in [4.69, 9.17) is 0 Å². The third-order valence-electron chi connectivity index (χ3n) is 5.16. The van der Waals surface area contributed by atoms with E-state index in [1.165, 1.54) is 11.1 Å². The smallest absolute Gasteiger partial charge is 0.0868 e. The maximum Gasteiger partial charge on any atom is 0.0868 e. The van der Waals surface area contributed by atoms with E-state index < -0.39 is 0 Å². The van der Waals surface area contributed by atoms with Gasteiger partial charge in [-0.05, 0) is 43.0 Å². The van der Waals surface area contributed by atoms with Crippen LogP contribution >= 0.6 is 0 Å². The molecule has 24 heavy (non-hydrogen) atoms. The van der Waals surface area contributed by atoms with Crippen LogP contribution in [0.4, 0.5) is 5.69 Å². The van der Waals surface area contributed by atoms with E-state index in [1.54, 1.807) is 0 Å². The molecule has 0 amide bonds. The Morgan fingerprint density at radius 1 is 1.12 bits per heavy atom. The lowest BCUT2D eigenvalue weighted by molar-refractivity contribution is 0.0408. The van der Waals surface area contributed by atoms with Crippen LogP contribution in [0.15, 0.2) is 54.6 Å². The lowest BCUT2D eigenvalue weighted by Crippen LogP contribution is -2.50. The van der Waals surface area contributed by atoms with Gasteiger partial charge in [-0.3, -0.25) is 4.90 Å². The number of aliphatic hydroxyl groups excluding tert-OH is 1. The number of hydrogen-bond acceptors (Lipinski definition) is 3. The fraction of sp³-hybridized carbons (Fsp3) is 0.429. The third kappa shape index (κ3) is 3.97. The summed E-state index contributed by atoms with van der Waals surface area (Å²) in [5.41, 5.74) is 3.75. The molecule has 1 saturated heterocycles. The zero-order chi connectivity index (χ0) is 16.9. The van der Waals surface area contributed by atoms with E-state index in [1.807, 2.05) is 6.07 Å². The Hall–Kier alpha value is -1.84. The summed E-state index contributed by atoms with van der Waals surface area (Å²) < 4.78 is 0. The van der Waals surface area contributed by atoms with Gasteiger partial charge < -0.3 is 10.4 Å². The van der Waals surface area contributed by atoms with Crippen molar-refractivity contribution in [1.29, 1.82) is 0 Å². The van der Waals surface area contributed by atoms with Crippen LogP contribution in [0, 0.1) is 0 Å². The number of nitrogens with one attached hydrogen (secondary N) is 1. The van der Waals surface area contributed by atoms with Gasteiger partial charge in [0.2, 0.25) is 0 Å². The Bertz CT molecular complexity index is 626. The standard InChI is InChI=1S/C21H28N2O/c1-3-17-9-11-19(12-10-17)22-20-13-14-23(15-21(20)24)16(2)18-7-5-4-6-8-18/h4-12,16,20-22,24H,3,13-15H2,1-2H3/t16?,20-,21-/m0/s1. The Labute approximate surface area is 145 Å². The number of anilines is 1. The molecule has 2 N–H and O–H groups in total. The molecule has 3 atom stereocenters. The average Bonchev–Trinajstić information content (AvgIpc) is 2.64. The van der Waals surface area contributed by atoms with E-state index >= 15 is 0 Å². The van der Waals surface area contributed by atoms with Crippen molar-refractivity contribution < 1.29 is 5.11 Å². The van der Waals surface area contributed by atoms with Crippen molar-refractivity contribution in [2.24, 2.45) is 0 Å².